The molecule has 0 bridgehead atoms. The number of hydrogen-bond acceptors (Lipinski definition) is 5. The highest BCUT2D eigenvalue weighted by atomic mass is 35.5. The Kier molecular flexibility index (Phi) is 7.07. The zero-order valence-corrected chi connectivity index (χ0v) is 18.7. The number of nitrogens with zero attached hydrogens (tertiary/aromatic N) is 1. The second kappa shape index (κ2) is 9.96. The zero-order valence-electron chi connectivity index (χ0n) is 16.4. The number of aromatic nitrogens is 1. The van der Waals surface area contributed by atoms with E-state index in [1.165, 1.54) is 17.4 Å². The molecule has 1 amide bonds. The van der Waals surface area contributed by atoms with Crippen molar-refractivity contribution in [2.24, 2.45) is 0 Å². The molecule has 1 N–H and O–H groups in total. The number of ether oxygens (including phenoxy) is 2. The Hall–Kier alpha value is -2.19. The molecule has 1 aliphatic rings. The molecule has 0 aliphatic carbocycles. The molecule has 0 saturated carbocycles. The first-order valence-corrected chi connectivity index (χ1v) is 11.3. The van der Waals surface area contributed by atoms with Crippen molar-refractivity contribution in [3.8, 4) is 16.3 Å². The van der Waals surface area contributed by atoms with Crippen LogP contribution in [0.2, 0.25) is 10.0 Å². The van der Waals surface area contributed by atoms with Crippen LogP contribution in [0.1, 0.15) is 28.9 Å². The predicted molar refractivity (Wildman–Crippen MR) is 120 cm³/mol. The number of halogens is 3. The molecule has 1 atom stereocenters. The van der Waals surface area contributed by atoms with Crippen LogP contribution in [0, 0.1) is 5.82 Å². The molecule has 31 heavy (non-hydrogen) atoms. The summed E-state index contributed by atoms with van der Waals surface area (Å²) < 4.78 is 25.8. The third-order valence-electron chi connectivity index (χ3n) is 4.81. The van der Waals surface area contributed by atoms with Gasteiger partial charge in [-0.2, -0.15) is 0 Å². The quantitative estimate of drug-likeness (QED) is 0.467. The highest BCUT2D eigenvalue weighted by Gasteiger charge is 2.19. The molecule has 1 fully saturated rings. The van der Waals surface area contributed by atoms with E-state index >= 15 is 0 Å². The molecule has 1 unspecified atom stereocenters. The number of nitrogens with one attached hydrogen (secondary N) is 1. The Morgan fingerprint density at radius 3 is 2.87 bits per heavy atom. The zero-order chi connectivity index (χ0) is 21.8. The van der Waals surface area contributed by atoms with Crippen molar-refractivity contribution in [2.75, 3.05) is 13.2 Å². The van der Waals surface area contributed by atoms with Gasteiger partial charge in [-0.15, -0.1) is 11.3 Å². The summed E-state index contributed by atoms with van der Waals surface area (Å²) in [4.78, 5) is 16.6. The van der Waals surface area contributed by atoms with Gasteiger partial charge in [0, 0.05) is 30.2 Å². The number of carbonyl (C=O) groups is 1. The summed E-state index contributed by atoms with van der Waals surface area (Å²) in [5.41, 5.74) is 1.39. The van der Waals surface area contributed by atoms with Crippen LogP contribution in [0.5, 0.6) is 5.75 Å². The van der Waals surface area contributed by atoms with Gasteiger partial charge in [0.1, 0.15) is 28.9 Å². The fourth-order valence-electron chi connectivity index (χ4n) is 3.16. The molecule has 162 valence electrons. The lowest BCUT2D eigenvalue weighted by atomic mass is 10.2. The van der Waals surface area contributed by atoms with Crippen LogP contribution in [0.15, 0.2) is 41.8 Å². The van der Waals surface area contributed by atoms with Gasteiger partial charge in [0.2, 0.25) is 0 Å². The van der Waals surface area contributed by atoms with Crippen LogP contribution in [-0.4, -0.2) is 30.1 Å². The maximum absolute atomic E-state index is 14.7. The van der Waals surface area contributed by atoms with Crippen molar-refractivity contribution < 1.29 is 18.7 Å². The van der Waals surface area contributed by atoms with E-state index in [4.69, 9.17) is 32.7 Å². The third-order valence-corrected chi connectivity index (χ3v) is 6.43. The molecule has 1 aliphatic heterocycles. The van der Waals surface area contributed by atoms with E-state index in [0.717, 1.165) is 25.0 Å². The summed E-state index contributed by atoms with van der Waals surface area (Å²) in [5, 5.41) is 5.76. The first-order valence-electron chi connectivity index (χ1n) is 9.71. The van der Waals surface area contributed by atoms with Crippen LogP contribution in [0.3, 0.4) is 0 Å². The van der Waals surface area contributed by atoms with Crippen molar-refractivity contribution in [1.29, 1.82) is 0 Å². The normalized spacial score (nSPS) is 15.8. The maximum Gasteiger partial charge on any atom is 0.270 e. The van der Waals surface area contributed by atoms with Crippen molar-refractivity contribution in [3.05, 3.63) is 68.9 Å². The van der Waals surface area contributed by atoms with Crippen LogP contribution < -0.4 is 10.1 Å². The Balaban J connectivity index is 1.38. The Labute approximate surface area is 193 Å². The summed E-state index contributed by atoms with van der Waals surface area (Å²) in [7, 11) is 0. The first kappa shape index (κ1) is 22.0. The molecule has 1 saturated heterocycles. The van der Waals surface area contributed by atoms with Gasteiger partial charge in [-0.1, -0.05) is 29.3 Å². The van der Waals surface area contributed by atoms with E-state index in [0.29, 0.717) is 32.9 Å². The number of thiazole rings is 1. The minimum Gasteiger partial charge on any atom is -0.489 e. The lowest BCUT2D eigenvalue weighted by Gasteiger charge is -2.09. The monoisotopic (exact) mass is 480 g/mol. The number of carbonyl (C=O) groups excluding carboxylic acids is 1. The van der Waals surface area contributed by atoms with Crippen LogP contribution in [0.25, 0.3) is 10.6 Å². The van der Waals surface area contributed by atoms with E-state index < -0.39 is 5.82 Å². The van der Waals surface area contributed by atoms with Gasteiger partial charge in [0.05, 0.1) is 16.1 Å². The summed E-state index contributed by atoms with van der Waals surface area (Å²) in [6, 6.07) is 9.73. The van der Waals surface area contributed by atoms with E-state index in [2.05, 4.69) is 10.3 Å². The largest absolute Gasteiger partial charge is 0.489 e. The fraction of sp³-hybridized carbons (Fsp3) is 0.273. The van der Waals surface area contributed by atoms with Crippen molar-refractivity contribution in [2.45, 2.75) is 25.6 Å². The topological polar surface area (TPSA) is 60.5 Å². The molecular formula is C22H19Cl2FN2O3S. The van der Waals surface area contributed by atoms with E-state index in [-0.39, 0.29) is 24.3 Å². The highest BCUT2D eigenvalue weighted by Crippen LogP contribution is 2.30. The molecule has 4 rings (SSSR count). The molecule has 0 spiro atoms. The average Bonchev–Trinajstić information content (AvgIpc) is 3.45. The lowest BCUT2D eigenvalue weighted by Crippen LogP contribution is -2.31. The van der Waals surface area contributed by atoms with Gasteiger partial charge in [-0.3, -0.25) is 4.79 Å². The van der Waals surface area contributed by atoms with Crippen molar-refractivity contribution in [3.63, 3.8) is 0 Å². The standard InChI is InChI=1S/C22H19Cl2FN2O3S/c23-17-6-3-13(8-18(17)24)11-30-14-4-5-16(19(25)9-14)22-27-20(12-31-22)21(28)26-10-15-2-1-7-29-15/h3-6,8-9,12,15H,1-2,7,10-11H2,(H,26,28). The smallest absolute Gasteiger partial charge is 0.270 e. The van der Waals surface area contributed by atoms with Gasteiger partial charge >= 0.3 is 0 Å². The minimum atomic E-state index is -0.479. The average molecular weight is 481 g/mol. The van der Waals surface area contributed by atoms with Crippen molar-refractivity contribution in [1.82, 2.24) is 10.3 Å². The van der Waals surface area contributed by atoms with Crippen LogP contribution in [0.4, 0.5) is 4.39 Å². The van der Waals surface area contributed by atoms with Gasteiger partial charge < -0.3 is 14.8 Å². The third kappa shape index (κ3) is 5.54. The van der Waals surface area contributed by atoms with Gasteiger partial charge in [-0.25, -0.2) is 9.37 Å². The molecule has 0 radical (unpaired) electrons. The van der Waals surface area contributed by atoms with Gasteiger partial charge in [0.25, 0.3) is 5.91 Å². The minimum absolute atomic E-state index is 0.0518. The Bertz CT molecular complexity index is 1090. The van der Waals surface area contributed by atoms with Crippen molar-refractivity contribution >= 4 is 40.4 Å². The van der Waals surface area contributed by atoms with Gasteiger partial charge in [-0.05, 0) is 42.7 Å². The molecule has 2 heterocycles. The SMILES string of the molecule is O=C(NCC1CCCO1)c1csc(-c2ccc(OCc3ccc(Cl)c(Cl)c3)cc2F)n1. The fourth-order valence-corrected chi connectivity index (χ4v) is 4.31. The summed E-state index contributed by atoms with van der Waals surface area (Å²) in [6.45, 7) is 1.40. The molecular weight excluding hydrogens is 462 g/mol. The van der Waals surface area contributed by atoms with Crippen LogP contribution >= 0.6 is 34.5 Å². The number of hydrogen-bond donors (Lipinski definition) is 1. The summed E-state index contributed by atoms with van der Waals surface area (Å²) in [5.74, 6) is -0.398. The maximum atomic E-state index is 14.7. The van der Waals surface area contributed by atoms with E-state index in [9.17, 15) is 9.18 Å². The van der Waals surface area contributed by atoms with E-state index in [1.807, 2.05) is 0 Å². The summed E-state index contributed by atoms with van der Waals surface area (Å²) >= 11 is 13.1. The van der Waals surface area contributed by atoms with Crippen LogP contribution in [-0.2, 0) is 11.3 Å². The second-order valence-electron chi connectivity index (χ2n) is 7.06. The lowest BCUT2D eigenvalue weighted by molar-refractivity contribution is 0.0854. The Morgan fingerprint density at radius 2 is 2.13 bits per heavy atom. The summed E-state index contributed by atoms with van der Waals surface area (Å²) in [6.07, 6.45) is 2.00. The molecule has 1 aromatic heterocycles. The Morgan fingerprint density at radius 1 is 1.26 bits per heavy atom. The number of benzene rings is 2. The number of rotatable bonds is 7. The highest BCUT2D eigenvalue weighted by molar-refractivity contribution is 7.13. The number of amides is 1. The van der Waals surface area contributed by atoms with Gasteiger partial charge in [0.15, 0.2) is 0 Å². The predicted octanol–water partition coefficient (Wildman–Crippen LogP) is 5.74. The molecule has 9 heteroatoms. The van der Waals surface area contributed by atoms with E-state index in [1.54, 1.807) is 35.7 Å². The molecule has 5 nitrogen and oxygen atoms in total. The first-order chi connectivity index (χ1) is 15.0. The second-order valence-corrected chi connectivity index (χ2v) is 8.73. The molecule has 2 aromatic carbocycles. The molecule has 3 aromatic rings.